The van der Waals surface area contributed by atoms with E-state index in [1.165, 1.54) is 17.6 Å². The first-order valence-electron chi connectivity index (χ1n) is 6.18. The number of esters is 1. The van der Waals surface area contributed by atoms with E-state index in [-0.39, 0.29) is 5.97 Å². The van der Waals surface area contributed by atoms with Crippen LogP contribution >= 0.6 is 27.7 Å². The molecular weight excluding hydrogens is 336 g/mol. The summed E-state index contributed by atoms with van der Waals surface area (Å²) in [7, 11) is 1.41. The maximum absolute atomic E-state index is 11.7. The molecule has 0 amide bonds. The van der Waals surface area contributed by atoms with Crippen molar-refractivity contribution in [1.82, 2.24) is 0 Å². The van der Waals surface area contributed by atoms with Gasteiger partial charge in [-0.15, -0.1) is 11.8 Å². The zero-order valence-corrected chi connectivity index (χ0v) is 13.5. The predicted molar refractivity (Wildman–Crippen MR) is 86.4 cm³/mol. The van der Waals surface area contributed by atoms with Gasteiger partial charge in [-0.1, -0.05) is 46.3 Å². The van der Waals surface area contributed by atoms with Crippen LogP contribution in [0.4, 0.5) is 0 Å². The average Bonchev–Trinajstić information content (AvgIpc) is 2.52. The van der Waals surface area contributed by atoms with Gasteiger partial charge in [-0.05, 0) is 29.3 Å². The second-order valence-electron chi connectivity index (χ2n) is 4.22. The van der Waals surface area contributed by atoms with E-state index in [9.17, 15) is 4.79 Å². The molecule has 0 spiro atoms. The van der Waals surface area contributed by atoms with Crippen LogP contribution in [-0.4, -0.2) is 13.1 Å². The van der Waals surface area contributed by atoms with Gasteiger partial charge in [0.05, 0.1) is 12.7 Å². The molecule has 0 radical (unpaired) electrons. The SMILES string of the molecule is COC(=O)c1ccccc1CSc1cccc(CBr)c1. The molecule has 0 aromatic heterocycles. The van der Waals surface area contributed by atoms with Crippen molar-refractivity contribution in [3.8, 4) is 0 Å². The molecule has 0 heterocycles. The lowest BCUT2D eigenvalue weighted by molar-refractivity contribution is 0.0600. The molecular formula is C16H15BrO2S. The summed E-state index contributed by atoms with van der Waals surface area (Å²) >= 11 is 5.17. The summed E-state index contributed by atoms with van der Waals surface area (Å²) < 4.78 is 4.81. The van der Waals surface area contributed by atoms with E-state index < -0.39 is 0 Å². The van der Waals surface area contributed by atoms with E-state index >= 15 is 0 Å². The van der Waals surface area contributed by atoms with E-state index in [0.29, 0.717) is 5.56 Å². The number of benzene rings is 2. The van der Waals surface area contributed by atoms with Crippen molar-refractivity contribution in [2.45, 2.75) is 16.0 Å². The predicted octanol–water partition coefficient (Wildman–Crippen LogP) is 4.66. The monoisotopic (exact) mass is 350 g/mol. The Bertz CT molecular complexity index is 599. The van der Waals surface area contributed by atoms with Crippen molar-refractivity contribution >= 4 is 33.7 Å². The minimum Gasteiger partial charge on any atom is -0.465 e. The zero-order chi connectivity index (χ0) is 14.4. The Morgan fingerprint density at radius 1 is 1.20 bits per heavy atom. The highest BCUT2D eigenvalue weighted by Crippen LogP contribution is 2.26. The Morgan fingerprint density at radius 2 is 2.00 bits per heavy atom. The molecule has 2 rings (SSSR count). The van der Waals surface area contributed by atoms with Crippen molar-refractivity contribution in [3.63, 3.8) is 0 Å². The summed E-state index contributed by atoms with van der Waals surface area (Å²) in [5.41, 5.74) is 2.88. The molecule has 0 saturated carbocycles. The Morgan fingerprint density at radius 3 is 2.75 bits per heavy atom. The van der Waals surface area contributed by atoms with Crippen LogP contribution < -0.4 is 0 Å². The fourth-order valence-corrected chi connectivity index (χ4v) is 3.17. The first-order valence-corrected chi connectivity index (χ1v) is 8.29. The van der Waals surface area contributed by atoms with Gasteiger partial charge in [0.1, 0.15) is 0 Å². The number of alkyl halides is 1. The molecule has 0 aliphatic rings. The molecule has 4 heteroatoms. The number of ether oxygens (including phenoxy) is 1. The van der Waals surface area contributed by atoms with Crippen LogP contribution in [0.15, 0.2) is 53.4 Å². The lowest BCUT2D eigenvalue weighted by atomic mass is 10.1. The molecule has 0 aliphatic carbocycles. The van der Waals surface area contributed by atoms with Crippen molar-refractivity contribution in [2.75, 3.05) is 7.11 Å². The normalized spacial score (nSPS) is 10.3. The lowest BCUT2D eigenvalue weighted by Crippen LogP contribution is -2.04. The Balaban J connectivity index is 2.12. The minimum absolute atomic E-state index is 0.282. The molecule has 104 valence electrons. The lowest BCUT2D eigenvalue weighted by Gasteiger charge is -2.08. The van der Waals surface area contributed by atoms with Crippen LogP contribution in [0.5, 0.6) is 0 Å². The topological polar surface area (TPSA) is 26.3 Å². The zero-order valence-electron chi connectivity index (χ0n) is 11.1. The van der Waals surface area contributed by atoms with Gasteiger partial charge < -0.3 is 4.74 Å². The largest absolute Gasteiger partial charge is 0.465 e. The maximum Gasteiger partial charge on any atom is 0.338 e. The first-order chi connectivity index (χ1) is 9.74. The third-order valence-corrected chi connectivity index (χ3v) is 4.56. The highest BCUT2D eigenvalue weighted by Gasteiger charge is 2.10. The number of rotatable bonds is 5. The highest BCUT2D eigenvalue weighted by atomic mass is 79.9. The summed E-state index contributed by atoms with van der Waals surface area (Å²) in [6.07, 6.45) is 0. The highest BCUT2D eigenvalue weighted by molar-refractivity contribution is 9.08. The van der Waals surface area contributed by atoms with Crippen molar-refractivity contribution in [2.24, 2.45) is 0 Å². The van der Waals surface area contributed by atoms with Gasteiger partial charge in [0.2, 0.25) is 0 Å². The standard InChI is InChI=1S/C16H15BrO2S/c1-19-16(18)15-8-3-2-6-13(15)11-20-14-7-4-5-12(9-14)10-17/h2-9H,10-11H2,1H3. The van der Waals surface area contributed by atoms with Gasteiger partial charge in [0.25, 0.3) is 0 Å². The Labute approximate surface area is 131 Å². The van der Waals surface area contributed by atoms with Crippen molar-refractivity contribution < 1.29 is 9.53 Å². The fourth-order valence-electron chi connectivity index (χ4n) is 1.83. The number of thioether (sulfide) groups is 1. The molecule has 2 aromatic carbocycles. The average molecular weight is 351 g/mol. The number of hydrogen-bond acceptors (Lipinski definition) is 3. The molecule has 2 nitrogen and oxygen atoms in total. The van der Waals surface area contributed by atoms with Gasteiger partial charge in [-0.3, -0.25) is 0 Å². The summed E-state index contributed by atoms with van der Waals surface area (Å²) in [6.45, 7) is 0. The molecule has 0 fully saturated rings. The first kappa shape index (κ1) is 15.1. The third-order valence-electron chi connectivity index (χ3n) is 2.87. The quantitative estimate of drug-likeness (QED) is 0.445. The third kappa shape index (κ3) is 3.87. The molecule has 0 N–H and O–H groups in total. The molecule has 0 bridgehead atoms. The van der Waals surface area contributed by atoms with E-state index in [0.717, 1.165) is 16.6 Å². The van der Waals surface area contributed by atoms with E-state index in [1.54, 1.807) is 17.8 Å². The minimum atomic E-state index is -0.282. The van der Waals surface area contributed by atoms with E-state index in [2.05, 4.69) is 34.1 Å². The smallest absolute Gasteiger partial charge is 0.338 e. The van der Waals surface area contributed by atoms with Gasteiger partial charge >= 0.3 is 5.97 Å². The number of methoxy groups -OCH3 is 1. The van der Waals surface area contributed by atoms with E-state index in [4.69, 9.17) is 4.74 Å². The number of halogens is 1. The van der Waals surface area contributed by atoms with Crippen LogP contribution in [0.1, 0.15) is 21.5 Å². The van der Waals surface area contributed by atoms with Crippen molar-refractivity contribution in [3.05, 3.63) is 65.2 Å². The molecule has 0 saturated heterocycles. The second-order valence-corrected chi connectivity index (χ2v) is 5.83. The number of hydrogen-bond donors (Lipinski definition) is 0. The van der Waals surface area contributed by atoms with Crippen molar-refractivity contribution in [1.29, 1.82) is 0 Å². The summed E-state index contributed by atoms with van der Waals surface area (Å²) in [5, 5.41) is 0.847. The van der Waals surface area contributed by atoms with Crippen LogP contribution in [0.25, 0.3) is 0 Å². The fraction of sp³-hybridized carbons (Fsp3) is 0.188. The molecule has 20 heavy (non-hydrogen) atoms. The molecule has 2 aromatic rings. The summed E-state index contributed by atoms with van der Waals surface area (Å²) in [6, 6.07) is 15.9. The Hall–Kier alpha value is -1.26. The van der Waals surface area contributed by atoms with Crippen LogP contribution in [0, 0.1) is 0 Å². The summed E-state index contributed by atoms with van der Waals surface area (Å²) in [5.74, 6) is 0.465. The number of carbonyl (C=O) groups excluding carboxylic acids is 1. The van der Waals surface area contributed by atoms with E-state index in [1.807, 2.05) is 24.3 Å². The second kappa shape index (κ2) is 7.50. The van der Waals surface area contributed by atoms with Gasteiger partial charge in [-0.25, -0.2) is 4.79 Å². The van der Waals surface area contributed by atoms with Gasteiger partial charge in [0, 0.05) is 16.0 Å². The van der Waals surface area contributed by atoms with Gasteiger partial charge in [-0.2, -0.15) is 0 Å². The van der Waals surface area contributed by atoms with Crippen LogP contribution in [-0.2, 0) is 15.8 Å². The molecule has 0 aliphatic heterocycles. The number of carbonyl (C=O) groups is 1. The summed E-state index contributed by atoms with van der Waals surface area (Å²) in [4.78, 5) is 12.9. The van der Waals surface area contributed by atoms with Crippen LogP contribution in [0.3, 0.4) is 0 Å². The van der Waals surface area contributed by atoms with Gasteiger partial charge in [0.15, 0.2) is 0 Å². The maximum atomic E-state index is 11.7. The Kier molecular flexibility index (Phi) is 5.68. The van der Waals surface area contributed by atoms with Crippen LogP contribution in [0.2, 0.25) is 0 Å². The molecule has 0 atom stereocenters. The molecule has 0 unspecified atom stereocenters.